The Labute approximate surface area is 146 Å². The highest BCUT2D eigenvalue weighted by molar-refractivity contribution is 7.88. The van der Waals surface area contributed by atoms with E-state index in [1.165, 1.54) is 5.56 Å². The van der Waals surface area contributed by atoms with E-state index < -0.39 is 10.0 Å². The van der Waals surface area contributed by atoms with Gasteiger partial charge < -0.3 is 0 Å². The number of halogens is 2. The monoisotopic (exact) mass is 369 g/mol. The Kier molecular flexibility index (Phi) is 4.70. The van der Waals surface area contributed by atoms with E-state index in [1.54, 1.807) is 18.2 Å². The second-order valence-electron chi connectivity index (χ2n) is 5.98. The van der Waals surface area contributed by atoms with Crippen LogP contribution in [0.2, 0.25) is 10.0 Å². The second kappa shape index (κ2) is 6.44. The molecule has 0 heterocycles. The van der Waals surface area contributed by atoms with Gasteiger partial charge in [0.05, 0.1) is 15.8 Å². The Morgan fingerprint density at radius 2 is 1.70 bits per heavy atom. The largest absolute Gasteiger partial charge is 0.215 e. The number of hydrogen-bond donors (Lipinski definition) is 1. The summed E-state index contributed by atoms with van der Waals surface area (Å²) < 4.78 is 27.4. The van der Waals surface area contributed by atoms with Gasteiger partial charge in [-0.3, -0.25) is 0 Å². The van der Waals surface area contributed by atoms with Gasteiger partial charge in [0.2, 0.25) is 10.0 Å². The topological polar surface area (TPSA) is 46.2 Å². The number of sulfonamides is 1. The number of rotatable bonds is 6. The zero-order valence-electron chi connectivity index (χ0n) is 12.4. The number of nitrogens with one attached hydrogen (secondary N) is 1. The third kappa shape index (κ3) is 4.07. The van der Waals surface area contributed by atoms with Crippen LogP contribution in [0.4, 0.5) is 0 Å². The molecule has 6 heteroatoms. The van der Waals surface area contributed by atoms with Crippen molar-refractivity contribution < 1.29 is 8.42 Å². The van der Waals surface area contributed by atoms with Crippen LogP contribution in [0.25, 0.3) is 0 Å². The van der Waals surface area contributed by atoms with Crippen molar-refractivity contribution in [1.29, 1.82) is 0 Å². The van der Waals surface area contributed by atoms with Gasteiger partial charge in [-0.15, -0.1) is 0 Å². The van der Waals surface area contributed by atoms with Crippen molar-refractivity contribution in [3.63, 3.8) is 0 Å². The summed E-state index contributed by atoms with van der Waals surface area (Å²) in [5.74, 6) is -0.102. The molecule has 122 valence electrons. The summed E-state index contributed by atoms with van der Waals surface area (Å²) in [5.41, 5.74) is 1.76. The molecule has 0 aromatic heterocycles. The van der Waals surface area contributed by atoms with Crippen LogP contribution in [0.1, 0.15) is 24.0 Å². The average molecular weight is 370 g/mol. The Hall–Kier alpha value is -1.07. The van der Waals surface area contributed by atoms with E-state index in [4.69, 9.17) is 23.2 Å². The molecule has 0 saturated heterocycles. The summed E-state index contributed by atoms with van der Waals surface area (Å²) in [6.07, 6.45) is 2.01. The molecule has 3 rings (SSSR count). The summed E-state index contributed by atoms with van der Waals surface area (Å²) in [6.45, 7) is 0.431. The molecule has 0 unspecified atom stereocenters. The number of benzene rings is 2. The van der Waals surface area contributed by atoms with Crippen molar-refractivity contribution in [2.75, 3.05) is 6.54 Å². The van der Waals surface area contributed by atoms with E-state index >= 15 is 0 Å². The molecule has 3 nitrogen and oxygen atoms in total. The van der Waals surface area contributed by atoms with Gasteiger partial charge in [-0.25, -0.2) is 13.1 Å². The maximum absolute atomic E-state index is 12.3. The molecule has 23 heavy (non-hydrogen) atoms. The van der Waals surface area contributed by atoms with Gasteiger partial charge in [-0.2, -0.15) is 0 Å². The van der Waals surface area contributed by atoms with Crippen LogP contribution in [0, 0.1) is 0 Å². The first-order valence-corrected chi connectivity index (χ1v) is 9.78. The van der Waals surface area contributed by atoms with Gasteiger partial charge in [0, 0.05) is 12.0 Å². The normalized spacial score (nSPS) is 16.3. The van der Waals surface area contributed by atoms with Crippen LogP contribution in [0.5, 0.6) is 0 Å². The Morgan fingerprint density at radius 1 is 1.00 bits per heavy atom. The van der Waals surface area contributed by atoms with Gasteiger partial charge in [0.1, 0.15) is 0 Å². The van der Waals surface area contributed by atoms with Crippen molar-refractivity contribution in [2.45, 2.75) is 24.0 Å². The smallest absolute Gasteiger partial charge is 0.214 e. The first-order valence-electron chi connectivity index (χ1n) is 7.37. The van der Waals surface area contributed by atoms with E-state index in [0.29, 0.717) is 22.2 Å². The minimum absolute atomic E-state index is 0.0496. The molecule has 1 aliphatic rings. The van der Waals surface area contributed by atoms with Crippen LogP contribution in [0.3, 0.4) is 0 Å². The summed E-state index contributed by atoms with van der Waals surface area (Å²) in [5, 5.41) is 0.782. The Morgan fingerprint density at radius 3 is 2.30 bits per heavy atom. The molecule has 1 saturated carbocycles. The number of hydrogen-bond acceptors (Lipinski definition) is 2. The van der Waals surface area contributed by atoms with Crippen LogP contribution in [-0.4, -0.2) is 15.0 Å². The average Bonchev–Trinajstić information content (AvgIpc) is 3.31. The lowest BCUT2D eigenvalue weighted by molar-refractivity contribution is 0.566. The first kappa shape index (κ1) is 16.8. The van der Waals surface area contributed by atoms with E-state index in [-0.39, 0.29) is 11.2 Å². The Balaban J connectivity index is 1.66. The predicted molar refractivity (Wildman–Crippen MR) is 94.4 cm³/mol. The van der Waals surface area contributed by atoms with Gasteiger partial charge in [-0.1, -0.05) is 59.6 Å². The highest BCUT2D eigenvalue weighted by Gasteiger charge is 2.44. The molecular formula is C17H17Cl2NO2S. The summed E-state index contributed by atoms with van der Waals surface area (Å²) in [4.78, 5) is 0. The fourth-order valence-corrected chi connectivity index (χ4v) is 4.20. The minimum Gasteiger partial charge on any atom is -0.214 e. The van der Waals surface area contributed by atoms with Gasteiger partial charge >= 0.3 is 0 Å². The highest BCUT2D eigenvalue weighted by Crippen LogP contribution is 2.47. The van der Waals surface area contributed by atoms with Crippen molar-refractivity contribution in [1.82, 2.24) is 4.72 Å². The highest BCUT2D eigenvalue weighted by atomic mass is 35.5. The summed E-state index contributed by atoms with van der Waals surface area (Å²) in [6, 6.07) is 14.9. The maximum atomic E-state index is 12.3. The fourth-order valence-electron chi connectivity index (χ4n) is 2.66. The second-order valence-corrected chi connectivity index (χ2v) is 8.60. The van der Waals surface area contributed by atoms with Gasteiger partial charge in [0.25, 0.3) is 0 Å². The van der Waals surface area contributed by atoms with E-state index in [0.717, 1.165) is 12.8 Å². The van der Waals surface area contributed by atoms with Crippen LogP contribution in [0.15, 0.2) is 48.5 Å². The van der Waals surface area contributed by atoms with E-state index in [1.807, 2.05) is 18.2 Å². The minimum atomic E-state index is -3.42. The zero-order chi connectivity index (χ0) is 16.5. The quantitative estimate of drug-likeness (QED) is 0.831. The molecular weight excluding hydrogens is 353 g/mol. The third-order valence-electron chi connectivity index (χ3n) is 4.21. The molecule has 0 radical (unpaired) electrons. The molecule has 1 fully saturated rings. The first-order chi connectivity index (χ1) is 10.9. The molecule has 2 aromatic rings. The summed E-state index contributed by atoms with van der Waals surface area (Å²) in [7, 11) is -3.42. The molecule has 0 spiro atoms. The molecule has 2 aromatic carbocycles. The van der Waals surface area contributed by atoms with Crippen LogP contribution >= 0.6 is 23.2 Å². The molecule has 0 atom stereocenters. The lowest BCUT2D eigenvalue weighted by atomic mass is 9.96. The van der Waals surface area contributed by atoms with E-state index in [9.17, 15) is 8.42 Å². The Bertz CT molecular complexity index is 803. The fraction of sp³-hybridized carbons (Fsp3) is 0.294. The predicted octanol–water partition coefficient (Wildman–Crippen LogP) is 4.14. The lowest BCUT2D eigenvalue weighted by Gasteiger charge is -2.16. The van der Waals surface area contributed by atoms with Crippen LogP contribution < -0.4 is 4.72 Å². The van der Waals surface area contributed by atoms with Gasteiger partial charge in [-0.05, 0) is 36.1 Å². The standard InChI is InChI=1S/C17H17Cl2NO2S/c18-15-7-6-13(10-16(15)19)11-23(21,22)20-12-17(8-9-17)14-4-2-1-3-5-14/h1-7,10,20H,8-9,11-12H2. The van der Waals surface area contributed by atoms with Crippen molar-refractivity contribution >= 4 is 33.2 Å². The van der Waals surface area contributed by atoms with Crippen molar-refractivity contribution in [3.8, 4) is 0 Å². The molecule has 1 N–H and O–H groups in total. The maximum Gasteiger partial charge on any atom is 0.215 e. The third-order valence-corrected chi connectivity index (χ3v) is 6.25. The van der Waals surface area contributed by atoms with Crippen molar-refractivity contribution in [3.05, 3.63) is 69.7 Å². The molecule has 0 aliphatic heterocycles. The van der Waals surface area contributed by atoms with Crippen LogP contribution in [-0.2, 0) is 21.2 Å². The molecule has 1 aliphatic carbocycles. The molecule has 0 amide bonds. The zero-order valence-corrected chi connectivity index (χ0v) is 14.8. The molecule has 0 bridgehead atoms. The lowest BCUT2D eigenvalue weighted by Crippen LogP contribution is -2.33. The van der Waals surface area contributed by atoms with Gasteiger partial charge in [0.15, 0.2) is 0 Å². The SMILES string of the molecule is O=S(=O)(Cc1ccc(Cl)c(Cl)c1)NCC1(c2ccccc2)CC1. The summed E-state index contributed by atoms with van der Waals surface area (Å²) >= 11 is 11.8. The van der Waals surface area contributed by atoms with Crippen molar-refractivity contribution in [2.24, 2.45) is 0 Å². The van der Waals surface area contributed by atoms with E-state index in [2.05, 4.69) is 16.9 Å².